The molecule has 10 heteroatoms. The molecule has 1 heterocycles. The quantitative estimate of drug-likeness (QED) is 0.364. The van der Waals surface area contributed by atoms with E-state index in [0.29, 0.717) is 12.1 Å². The van der Waals surface area contributed by atoms with Crippen molar-refractivity contribution in [1.29, 1.82) is 0 Å². The zero-order valence-corrected chi connectivity index (χ0v) is 10.6. The number of alkyl halides is 3. The average molecular weight is 322 g/mol. The maximum Gasteiger partial charge on any atom is 0.419 e. The molecule has 0 aliphatic heterocycles. The Hall–Kier alpha value is -2.29. The number of hydrogen-bond donors (Lipinski definition) is 0. The van der Waals surface area contributed by atoms with Crippen molar-refractivity contribution in [2.75, 3.05) is 0 Å². The molecule has 0 bridgehead atoms. The summed E-state index contributed by atoms with van der Waals surface area (Å²) in [7, 11) is 0. The summed E-state index contributed by atoms with van der Waals surface area (Å²) in [6, 6.07) is 1.93. The van der Waals surface area contributed by atoms with Gasteiger partial charge >= 0.3 is 11.9 Å². The summed E-state index contributed by atoms with van der Waals surface area (Å²) in [4.78, 5) is 16.9. The van der Waals surface area contributed by atoms with Crippen LogP contribution in [0.25, 0.3) is 11.3 Å². The van der Waals surface area contributed by atoms with Crippen LogP contribution in [0.1, 0.15) is 5.56 Å². The molecule has 0 fully saturated rings. The number of nitrogens with zero attached hydrogens (tertiary/aromatic N) is 3. The second-order valence-corrected chi connectivity index (χ2v) is 4.17. The second kappa shape index (κ2) is 5.24. The van der Waals surface area contributed by atoms with Crippen molar-refractivity contribution in [3.05, 3.63) is 51.2 Å². The third-order valence-corrected chi connectivity index (χ3v) is 2.78. The number of halogens is 5. The van der Waals surface area contributed by atoms with E-state index in [9.17, 15) is 27.7 Å². The predicted molar refractivity (Wildman–Crippen MR) is 64.1 cm³/mol. The highest BCUT2D eigenvalue weighted by Crippen LogP contribution is 2.37. The van der Waals surface area contributed by atoms with E-state index in [1.54, 1.807) is 0 Å². The molecule has 0 N–H and O–H groups in total. The molecule has 0 saturated heterocycles. The minimum atomic E-state index is -4.94. The van der Waals surface area contributed by atoms with Crippen molar-refractivity contribution in [2.24, 2.45) is 0 Å². The third kappa shape index (κ3) is 2.92. The van der Waals surface area contributed by atoms with E-state index in [-0.39, 0.29) is 5.56 Å². The van der Waals surface area contributed by atoms with Gasteiger partial charge < -0.3 is 0 Å². The highest BCUT2D eigenvalue weighted by molar-refractivity contribution is 6.31. The van der Waals surface area contributed by atoms with Gasteiger partial charge in [-0.05, 0) is 18.2 Å². The van der Waals surface area contributed by atoms with E-state index in [1.807, 2.05) is 0 Å². The van der Waals surface area contributed by atoms with E-state index < -0.39 is 39.0 Å². The smallest absolute Gasteiger partial charge is 0.258 e. The first-order chi connectivity index (χ1) is 9.71. The Kier molecular flexibility index (Phi) is 3.77. The summed E-state index contributed by atoms with van der Waals surface area (Å²) in [6.45, 7) is 0. The Morgan fingerprint density at radius 2 is 1.90 bits per heavy atom. The van der Waals surface area contributed by atoms with E-state index in [0.717, 1.165) is 12.4 Å². The van der Waals surface area contributed by atoms with Crippen LogP contribution in [0.3, 0.4) is 0 Å². The number of rotatable bonds is 2. The van der Waals surface area contributed by atoms with Crippen LogP contribution >= 0.6 is 11.6 Å². The van der Waals surface area contributed by atoms with E-state index in [1.165, 1.54) is 0 Å². The summed E-state index contributed by atoms with van der Waals surface area (Å²) in [5, 5.41) is 10.4. The molecule has 0 aliphatic rings. The fraction of sp³-hybridized carbons (Fsp3) is 0.0909. The molecule has 0 unspecified atom stereocenters. The first-order valence-electron chi connectivity index (χ1n) is 5.24. The van der Waals surface area contributed by atoms with Crippen molar-refractivity contribution in [2.45, 2.75) is 6.18 Å². The van der Waals surface area contributed by atoms with Gasteiger partial charge in [-0.25, -0.2) is 14.4 Å². The topological polar surface area (TPSA) is 68.9 Å². The first kappa shape index (κ1) is 15.1. The summed E-state index contributed by atoms with van der Waals surface area (Å²) >= 11 is 5.55. The number of hydrogen-bond acceptors (Lipinski definition) is 4. The summed E-state index contributed by atoms with van der Waals surface area (Å²) in [5.74, 6) is -1.49. The van der Waals surface area contributed by atoms with E-state index in [2.05, 4.69) is 9.97 Å². The van der Waals surface area contributed by atoms with Crippen molar-refractivity contribution >= 4 is 17.3 Å². The third-order valence-electron chi connectivity index (χ3n) is 2.51. The lowest BCUT2D eigenvalue weighted by Gasteiger charge is -2.10. The highest BCUT2D eigenvalue weighted by Gasteiger charge is 2.35. The lowest BCUT2D eigenvalue weighted by Crippen LogP contribution is -2.08. The van der Waals surface area contributed by atoms with Gasteiger partial charge in [0.1, 0.15) is 12.1 Å². The highest BCUT2D eigenvalue weighted by atomic mass is 35.5. The number of benzene rings is 1. The van der Waals surface area contributed by atoms with Gasteiger partial charge in [-0.1, -0.05) is 11.6 Å². The zero-order chi connectivity index (χ0) is 15.8. The van der Waals surface area contributed by atoms with Gasteiger partial charge in [0.2, 0.25) is 5.15 Å². The summed E-state index contributed by atoms with van der Waals surface area (Å²) in [6.07, 6.45) is -4.08. The van der Waals surface area contributed by atoms with Gasteiger partial charge in [-0.15, -0.1) is 0 Å². The standard InChI is InChI=1S/C11H4ClF4N3O2/c12-10-9(19(20)21)8(17-4-18-10)5-1-2-7(13)6(3-5)11(14,15)16/h1-4H. The van der Waals surface area contributed by atoms with Crippen LogP contribution in [0.4, 0.5) is 23.2 Å². The fourth-order valence-electron chi connectivity index (χ4n) is 1.62. The molecule has 2 aromatic rings. The van der Waals surface area contributed by atoms with E-state index >= 15 is 0 Å². The molecular formula is C11H4ClF4N3O2. The van der Waals surface area contributed by atoms with Crippen molar-refractivity contribution in [1.82, 2.24) is 9.97 Å². The van der Waals surface area contributed by atoms with Crippen LogP contribution in [0, 0.1) is 15.9 Å². The molecule has 5 nitrogen and oxygen atoms in total. The SMILES string of the molecule is O=[N+]([O-])c1c(Cl)ncnc1-c1ccc(F)c(C(F)(F)F)c1. The zero-order valence-electron chi connectivity index (χ0n) is 9.86. The molecule has 0 spiro atoms. The van der Waals surface area contributed by atoms with Crippen molar-refractivity contribution in [3.8, 4) is 11.3 Å². The average Bonchev–Trinajstić information content (AvgIpc) is 2.37. The van der Waals surface area contributed by atoms with Crippen LogP contribution < -0.4 is 0 Å². The largest absolute Gasteiger partial charge is 0.419 e. The molecule has 2 rings (SSSR count). The Bertz CT molecular complexity index is 721. The number of nitro groups is 1. The van der Waals surface area contributed by atoms with Gasteiger partial charge in [0.25, 0.3) is 0 Å². The van der Waals surface area contributed by atoms with Crippen LogP contribution in [0.15, 0.2) is 24.5 Å². The fourth-order valence-corrected chi connectivity index (χ4v) is 1.82. The Labute approximate surface area is 119 Å². The molecule has 0 radical (unpaired) electrons. The van der Waals surface area contributed by atoms with Crippen LogP contribution in [0.2, 0.25) is 5.15 Å². The normalized spacial score (nSPS) is 11.5. The molecular weight excluding hydrogens is 318 g/mol. The van der Waals surface area contributed by atoms with Gasteiger partial charge in [-0.2, -0.15) is 13.2 Å². The second-order valence-electron chi connectivity index (χ2n) is 3.81. The minimum absolute atomic E-state index is 0.292. The van der Waals surface area contributed by atoms with E-state index in [4.69, 9.17) is 11.6 Å². The molecule has 1 aromatic carbocycles. The van der Waals surface area contributed by atoms with Gasteiger partial charge in [0, 0.05) is 5.56 Å². The lowest BCUT2D eigenvalue weighted by molar-refractivity contribution is -0.384. The molecule has 0 atom stereocenters. The molecule has 0 aliphatic carbocycles. The molecule has 1 aromatic heterocycles. The van der Waals surface area contributed by atoms with Gasteiger partial charge in [0.05, 0.1) is 10.5 Å². The monoisotopic (exact) mass is 321 g/mol. The van der Waals surface area contributed by atoms with Gasteiger partial charge in [-0.3, -0.25) is 10.1 Å². The number of aromatic nitrogens is 2. The Balaban J connectivity index is 2.69. The predicted octanol–water partition coefficient (Wildman–Crippen LogP) is 3.86. The lowest BCUT2D eigenvalue weighted by atomic mass is 10.1. The molecule has 110 valence electrons. The van der Waals surface area contributed by atoms with Crippen LogP contribution in [-0.4, -0.2) is 14.9 Å². The van der Waals surface area contributed by atoms with Crippen LogP contribution in [0.5, 0.6) is 0 Å². The maximum atomic E-state index is 13.2. The minimum Gasteiger partial charge on any atom is -0.258 e. The van der Waals surface area contributed by atoms with Crippen molar-refractivity contribution < 1.29 is 22.5 Å². The van der Waals surface area contributed by atoms with Crippen molar-refractivity contribution in [3.63, 3.8) is 0 Å². The maximum absolute atomic E-state index is 13.2. The van der Waals surface area contributed by atoms with Crippen LogP contribution in [-0.2, 0) is 6.18 Å². The molecule has 0 amide bonds. The summed E-state index contributed by atoms with van der Waals surface area (Å²) in [5.41, 5.74) is -3.02. The van der Waals surface area contributed by atoms with Gasteiger partial charge in [0.15, 0.2) is 5.69 Å². The summed E-state index contributed by atoms with van der Waals surface area (Å²) < 4.78 is 51.2. The first-order valence-corrected chi connectivity index (χ1v) is 5.61. The Morgan fingerprint density at radius 3 is 2.48 bits per heavy atom. The molecule has 0 saturated carbocycles. The molecule has 21 heavy (non-hydrogen) atoms. The Morgan fingerprint density at radius 1 is 1.24 bits per heavy atom.